The summed E-state index contributed by atoms with van der Waals surface area (Å²) < 4.78 is 0. The van der Waals surface area contributed by atoms with Crippen molar-refractivity contribution in [2.75, 3.05) is 0 Å². The third kappa shape index (κ3) is 2.57. The molecule has 1 amide bonds. The Bertz CT molecular complexity index is 264. The molecule has 0 spiro atoms. The molecular formula is C8H11N3O. The van der Waals surface area contributed by atoms with Crippen LogP contribution in [-0.4, -0.2) is 15.9 Å². The van der Waals surface area contributed by atoms with Gasteiger partial charge in [0, 0.05) is 12.4 Å². The van der Waals surface area contributed by atoms with Crippen molar-refractivity contribution in [2.24, 2.45) is 0 Å². The Morgan fingerprint density at radius 1 is 1.83 bits per heavy atom. The zero-order valence-electron chi connectivity index (χ0n) is 6.87. The molecule has 0 radical (unpaired) electrons. The molecule has 0 aliphatic heterocycles. The van der Waals surface area contributed by atoms with E-state index in [1.807, 2.05) is 0 Å². The smallest absolute Gasteiger partial charge is 0.244 e. The van der Waals surface area contributed by atoms with E-state index in [2.05, 4.69) is 15.3 Å². The highest BCUT2D eigenvalue weighted by Gasteiger charge is 1.96. The fourth-order valence-corrected chi connectivity index (χ4v) is 0.776. The van der Waals surface area contributed by atoms with E-state index in [9.17, 15) is 4.79 Å². The van der Waals surface area contributed by atoms with Crippen molar-refractivity contribution in [3.63, 3.8) is 0 Å². The van der Waals surface area contributed by atoms with Gasteiger partial charge in [-0.15, -0.1) is 0 Å². The number of rotatable bonds is 3. The van der Waals surface area contributed by atoms with Crippen LogP contribution in [0.1, 0.15) is 12.7 Å². The van der Waals surface area contributed by atoms with E-state index in [-0.39, 0.29) is 5.91 Å². The van der Waals surface area contributed by atoms with Crippen LogP contribution >= 0.6 is 0 Å². The first-order chi connectivity index (χ1) is 5.83. The summed E-state index contributed by atoms with van der Waals surface area (Å²) in [6.07, 6.45) is 6.54. The number of hydrogen-bond acceptors (Lipinski definition) is 2. The van der Waals surface area contributed by atoms with Gasteiger partial charge in [0.05, 0.1) is 6.54 Å². The van der Waals surface area contributed by atoms with Crippen molar-refractivity contribution < 1.29 is 4.79 Å². The largest absolute Gasteiger partial charge is 0.347 e. The van der Waals surface area contributed by atoms with Gasteiger partial charge in [-0.2, -0.15) is 0 Å². The molecule has 0 aliphatic carbocycles. The lowest BCUT2D eigenvalue weighted by atomic mass is 10.5. The predicted octanol–water partition coefficient (Wildman–Crippen LogP) is 0.602. The fraction of sp³-hybridized carbons (Fsp3) is 0.250. The quantitative estimate of drug-likeness (QED) is 0.644. The van der Waals surface area contributed by atoms with Crippen molar-refractivity contribution in [3.05, 3.63) is 30.4 Å². The van der Waals surface area contributed by atoms with Crippen molar-refractivity contribution in [3.8, 4) is 0 Å². The standard InChI is InChI=1S/C8H11N3O/c1-2-3-8(12)11-6-7-9-4-5-10-7/h2-5H,6H2,1H3,(H,9,10)(H,11,12). The van der Waals surface area contributed by atoms with Gasteiger partial charge in [0.1, 0.15) is 5.82 Å². The molecule has 1 heterocycles. The fourth-order valence-electron chi connectivity index (χ4n) is 0.776. The summed E-state index contributed by atoms with van der Waals surface area (Å²) in [5.41, 5.74) is 0. The zero-order valence-corrected chi connectivity index (χ0v) is 6.87. The molecule has 4 nitrogen and oxygen atoms in total. The molecule has 12 heavy (non-hydrogen) atoms. The topological polar surface area (TPSA) is 57.8 Å². The predicted molar refractivity (Wildman–Crippen MR) is 45.2 cm³/mol. The van der Waals surface area contributed by atoms with Crippen molar-refractivity contribution >= 4 is 5.91 Å². The maximum atomic E-state index is 10.9. The molecule has 1 aromatic heterocycles. The number of amides is 1. The molecule has 0 saturated carbocycles. The van der Waals surface area contributed by atoms with E-state index in [0.717, 1.165) is 5.82 Å². The molecule has 64 valence electrons. The van der Waals surface area contributed by atoms with Gasteiger partial charge < -0.3 is 10.3 Å². The number of aromatic amines is 1. The normalized spacial score (nSPS) is 10.4. The summed E-state index contributed by atoms with van der Waals surface area (Å²) in [6, 6.07) is 0. The van der Waals surface area contributed by atoms with E-state index >= 15 is 0 Å². The highest BCUT2D eigenvalue weighted by atomic mass is 16.1. The van der Waals surface area contributed by atoms with Crippen molar-refractivity contribution in [1.29, 1.82) is 0 Å². The van der Waals surface area contributed by atoms with Crippen LogP contribution in [0.3, 0.4) is 0 Å². The number of imidazole rings is 1. The number of hydrogen-bond donors (Lipinski definition) is 2. The van der Waals surface area contributed by atoms with Crippen LogP contribution in [0.4, 0.5) is 0 Å². The van der Waals surface area contributed by atoms with Crippen LogP contribution in [0.2, 0.25) is 0 Å². The second kappa shape index (κ2) is 4.33. The molecule has 0 bridgehead atoms. The number of nitrogens with one attached hydrogen (secondary N) is 2. The Balaban J connectivity index is 2.31. The first kappa shape index (κ1) is 8.52. The maximum Gasteiger partial charge on any atom is 0.244 e. The third-order valence-electron chi connectivity index (χ3n) is 1.30. The van der Waals surface area contributed by atoms with Crippen LogP contribution in [0.25, 0.3) is 0 Å². The van der Waals surface area contributed by atoms with Crippen LogP contribution in [0.15, 0.2) is 24.5 Å². The summed E-state index contributed by atoms with van der Waals surface area (Å²) in [5, 5.41) is 2.67. The number of H-pyrrole nitrogens is 1. The first-order valence-electron chi connectivity index (χ1n) is 3.71. The Morgan fingerprint density at radius 3 is 3.25 bits per heavy atom. The molecule has 0 fully saturated rings. The Kier molecular flexibility index (Phi) is 3.07. The van der Waals surface area contributed by atoms with Gasteiger partial charge in [-0.3, -0.25) is 4.79 Å². The van der Waals surface area contributed by atoms with Gasteiger partial charge >= 0.3 is 0 Å². The van der Waals surface area contributed by atoms with Gasteiger partial charge in [-0.1, -0.05) is 6.08 Å². The summed E-state index contributed by atoms with van der Waals surface area (Å²) in [7, 11) is 0. The van der Waals surface area contributed by atoms with Crippen LogP contribution in [0.5, 0.6) is 0 Å². The second-order valence-electron chi connectivity index (χ2n) is 2.25. The molecule has 0 atom stereocenters. The molecule has 2 N–H and O–H groups in total. The summed E-state index contributed by atoms with van der Waals surface area (Å²) in [4.78, 5) is 17.7. The number of carbonyl (C=O) groups is 1. The first-order valence-corrected chi connectivity index (χ1v) is 3.71. The molecule has 1 rings (SSSR count). The minimum atomic E-state index is -0.103. The Hall–Kier alpha value is -1.58. The van der Waals surface area contributed by atoms with Crippen LogP contribution in [0, 0.1) is 0 Å². The number of aromatic nitrogens is 2. The average molecular weight is 165 g/mol. The Labute approximate surface area is 70.7 Å². The van der Waals surface area contributed by atoms with Gasteiger partial charge in [0.15, 0.2) is 0 Å². The summed E-state index contributed by atoms with van der Waals surface area (Å²) in [5.74, 6) is 0.654. The van der Waals surface area contributed by atoms with E-state index in [0.29, 0.717) is 6.54 Å². The SMILES string of the molecule is CC=CC(=O)NCc1ncc[nH]1. The van der Waals surface area contributed by atoms with E-state index in [1.54, 1.807) is 25.4 Å². The highest BCUT2D eigenvalue weighted by Crippen LogP contribution is 1.86. The van der Waals surface area contributed by atoms with Gasteiger partial charge in [-0.25, -0.2) is 4.98 Å². The van der Waals surface area contributed by atoms with E-state index in [1.165, 1.54) is 6.08 Å². The molecular weight excluding hydrogens is 154 g/mol. The van der Waals surface area contributed by atoms with E-state index < -0.39 is 0 Å². The number of nitrogens with zero attached hydrogens (tertiary/aromatic N) is 1. The van der Waals surface area contributed by atoms with Gasteiger partial charge in [0.2, 0.25) is 5.91 Å². The van der Waals surface area contributed by atoms with Gasteiger partial charge in [0.25, 0.3) is 0 Å². The van der Waals surface area contributed by atoms with Crippen LogP contribution in [-0.2, 0) is 11.3 Å². The van der Waals surface area contributed by atoms with Crippen molar-refractivity contribution in [1.82, 2.24) is 15.3 Å². The lowest BCUT2D eigenvalue weighted by Gasteiger charge is -1.97. The van der Waals surface area contributed by atoms with E-state index in [4.69, 9.17) is 0 Å². The minimum Gasteiger partial charge on any atom is -0.347 e. The summed E-state index contributed by atoms with van der Waals surface area (Å²) in [6.45, 7) is 2.24. The molecule has 0 saturated heterocycles. The second-order valence-corrected chi connectivity index (χ2v) is 2.25. The molecule has 1 aromatic rings. The highest BCUT2D eigenvalue weighted by molar-refractivity contribution is 5.87. The lowest BCUT2D eigenvalue weighted by molar-refractivity contribution is -0.116. The Morgan fingerprint density at radius 2 is 2.67 bits per heavy atom. The minimum absolute atomic E-state index is 0.103. The monoisotopic (exact) mass is 165 g/mol. The number of carbonyl (C=O) groups excluding carboxylic acids is 1. The van der Waals surface area contributed by atoms with Gasteiger partial charge in [-0.05, 0) is 13.0 Å². The molecule has 0 aliphatic rings. The zero-order chi connectivity index (χ0) is 8.81. The van der Waals surface area contributed by atoms with Crippen LogP contribution < -0.4 is 5.32 Å². The lowest BCUT2D eigenvalue weighted by Crippen LogP contribution is -2.20. The van der Waals surface area contributed by atoms with Crippen molar-refractivity contribution in [2.45, 2.75) is 13.5 Å². The molecule has 0 aromatic carbocycles. The molecule has 4 heteroatoms. The maximum absolute atomic E-state index is 10.9. The third-order valence-corrected chi connectivity index (χ3v) is 1.30. The number of allylic oxidation sites excluding steroid dienone is 1. The molecule has 0 unspecified atom stereocenters. The average Bonchev–Trinajstić information content (AvgIpc) is 2.53. The summed E-state index contributed by atoms with van der Waals surface area (Å²) >= 11 is 0.